The molecule has 0 bridgehead atoms. The van der Waals surface area contributed by atoms with Crippen molar-refractivity contribution in [1.82, 2.24) is 4.98 Å². The Labute approximate surface area is 96.8 Å². The molecule has 2 aromatic rings. The molecule has 0 radical (unpaired) electrons. The van der Waals surface area contributed by atoms with Gasteiger partial charge in [0.15, 0.2) is 0 Å². The Bertz CT molecular complexity index is 292. The number of pyridine rings is 1. The molecule has 0 aliphatic heterocycles. The predicted octanol–water partition coefficient (Wildman–Crippen LogP) is 2.60. The fourth-order valence-electron chi connectivity index (χ4n) is 1.03. The summed E-state index contributed by atoms with van der Waals surface area (Å²) in [7, 11) is 0. The number of hydrogen-bond acceptors (Lipinski definition) is 3. The molecule has 2 rings (SSSR count). The summed E-state index contributed by atoms with van der Waals surface area (Å²) in [6, 6.07) is 10.2. The molecule has 5 heteroatoms. The van der Waals surface area contributed by atoms with Gasteiger partial charge in [0.2, 0.25) is 0 Å². The zero-order valence-electron chi connectivity index (χ0n) is 7.28. The largest absolute Gasteiger partial charge is 0.870 e. The minimum absolute atomic E-state index is 0. The summed E-state index contributed by atoms with van der Waals surface area (Å²) in [4.78, 5) is 4.01. The van der Waals surface area contributed by atoms with Crippen molar-refractivity contribution in [2.75, 3.05) is 0 Å². The second-order valence-corrected chi connectivity index (χ2v) is 2.22. The molecule has 82 valence electrons. The van der Waals surface area contributed by atoms with Gasteiger partial charge in [-0.25, -0.2) is 0 Å². The van der Waals surface area contributed by atoms with E-state index >= 15 is 0 Å². The van der Waals surface area contributed by atoms with E-state index in [1.807, 2.05) is 30.6 Å². The molecule has 0 unspecified atom stereocenters. The van der Waals surface area contributed by atoms with Crippen LogP contribution in [0.5, 0.6) is 0 Å². The molecule has 0 saturated heterocycles. The van der Waals surface area contributed by atoms with E-state index in [4.69, 9.17) is 0 Å². The predicted molar refractivity (Wildman–Crippen MR) is 50.9 cm³/mol. The van der Waals surface area contributed by atoms with E-state index in [1.54, 1.807) is 0 Å². The Balaban J connectivity index is -0.000000302. The first-order valence-electron chi connectivity index (χ1n) is 3.25. The van der Waals surface area contributed by atoms with Gasteiger partial charge in [0.1, 0.15) is 0 Å². The van der Waals surface area contributed by atoms with E-state index < -0.39 is 0 Å². The maximum absolute atomic E-state index is 4.01. The molecule has 1 aromatic carbocycles. The van der Waals surface area contributed by atoms with Crippen LogP contribution in [0.15, 0.2) is 42.7 Å². The van der Waals surface area contributed by atoms with Gasteiger partial charge in [-0.05, 0) is 16.8 Å². The number of rotatable bonds is 0. The molecule has 4 nitrogen and oxygen atoms in total. The number of benzene rings is 1. The van der Waals surface area contributed by atoms with Gasteiger partial charge in [0, 0.05) is 33.5 Å². The topological polar surface area (TPSA) is 106 Å². The summed E-state index contributed by atoms with van der Waals surface area (Å²) in [5, 5.41) is 2.45. The molecule has 0 spiro atoms. The van der Waals surface area contributed by atoms with Crippen molar-refractivity contribution in [3.05, 3.63) is 48.9 Å². The van der Waals surface area contributed by atoms with Crippen molar-refractivity contribution in [2.24, 2.45) is 0 Å². The van der Waals surface area contributed by atoms with Gasteiger partial charge in [-0.1, -0.05) is 24.3 Å². The molecule has 0 saturated carbocycles. The third kappa shape index (κ3) is 3.94. The normalized spacial score (nSPS) is 7.14. The zero-order chi connectivity index (χ0) is 6.81. The van der Waals surface area contributed by atoms with Gasteiger partial charge in [-0.15, -0.1) is 0 Å². The van der Waals surface area contributed by atoms with Crippen LogP contribution in [-0.2, 0) is 21.1 Å². The van der Waals surface area contributed by atoms with Gasteiger partial charge < -0.3 is 17.1 Å². The number of hydrogen-bond donors (Lipinski definition) is 0. The summed E-state index contributed by atoms with van der Waals surface area (Å²) in [6.45, 7) is 0. The van der Waals surface area contributed by atoms with Crippen LogP contribution in [-0.4, -0.2) is 15.9 Å². The van der Waals surface area contributed by atoms with Crippen LogP contribution in [0.3, 0.4) is 0 Å². The summed E-state index contributed by atoms with van der Waals surface area (Å²) < 4.78 is 0. The van der Waals surface area contributed by atoms with Crippen LogP contribution >= 0.6 is 0 Å². The summed E-state index contributed by atoms with van der Waals surface area (Å²) >= 11 is 0. The van der Waals surface area contributed by atoms with Crippen LogP contribution in [0.1, 0.15) is 0 Å². The van der Waals surface area contributed by atoms with Gasteiger partial charge in [0.25, 0.3) is 0 Å². The molecule has 0 aliphatic rings. The Kier molecular flexibility index (Phi) is 11.8. The van der Waals surface area contributed by atoms with Crippen LogP contribution in [0.25, 0.3) is 16.9 Å². The SMILES string of the molecule is [NH2-].[OH-].[OH-].[Pt].c1ccc2cnccc2c1. The second-order valence-electron chi connectivity index (χ2n) is 2.22. The molecule has 14 heavy (non-hydrogen) atoms. The first-order chi connectivity index (χ1) is 4.97. The first-order valence-corrected chi connectivity index (χ1v) is 3.25. The van der Waals surface area contributed by atoms with E-state index in [9.17, 15) is 0 Å². The number of fused-ring (bicyclic) bond motifs is 1. The molecule has 1 heterocycles. The van der Waals surface area contributed by atoms with Crippen molar-refractivity contribution in [3.63, 3.8) is 0 Å². The van der Waals surface area contributed by atoms with Crippen molar-refractivity contribution in [3.8, 4) is 0 Å². The van der Waals surface area contributed by atoms with E-state index in [0.717, 1.165) is 0 Å². The monoisotopic (exact) mass is 374 g/mol. The van der Waals surface area contributed by atoms with Gasteiger partial charge in [-0.3, -0.25) is 4.98 Å². The minimum atomic E-state index is 0. The van der Waals surface area contributed by atoms with Gasteiger partial charge >= 0.3 is 0 Å². The standard InChI is InChI=1S/C9H7N.H2N.2H2O.Pt/c1-2-4-9-7-10-6-5-8(9)3-1;;;;/h1-7H;3*1H2;/q;-1;;;/p-2. The van der Waals surface area contributed by atoms with Crippen molar-refractivity contribution >= 4 is 10.8 Å². The third-order valence-corrected chi connectivity index (χ3v) is 1.55. The Hall–Kier alpha value is -0.802. The summed E-state index contributed by atoms with van der Waals surface area (Å²) in [5.74, 6) is 0. The summed E-state index contributed by atoms with van der Waals surface area (Å²) in [5.41, 5.74) is 0. The molecular formula is C9H11N2O2Pt-3. The average molecular weight is 374 g/mol. The van der Waals surface area contributed by atoms with Crippen molar-refractivity contribution in [2.45, 2.75) is 0 Å². The molecule has 0 atom stereocenters. The molecule has 0 fully saturated rings. The molecule has 0 aliphatic carbocycles. The van der Waals surface area contributed by atoms with E-state index in [-0.39, 0.29) is 38.2 Å². The van der Waals surface area contributed by atoms with E-state index in [1.165, 1.54) is 10.8 Å². The van der Waals surface area contributed by atoms with Crippen LogP contribution in [0.4, 0.5) is 0 Å². The quantitative estimate of drug-likeness (QED) is 0.707. The Morgan fingerprint density at radius 2 is 1.43 bits per heavy atom. The Morgan fingerprint density at radius 1 is 0.857 bits per heavy atom. The zero-order valence-corrected chi connectivity index (χ0v) is 9.55. The van der Waals surface area contributed by atoms with E-state index in [2.05, 4.69) is 17.1 Å². The average Bonchev–Trinajstić information content (AvgIpc) is 2.05. The fourth-order valence-corrected chi connectivity index (χ4v) is 1.03. The van der Waals surface area contributed by atoms with Gasteiger partial charge in [0.05, 0.1) is 0 Å². The minimum Gasteiger partial charge on any atom is -0.870 e. The molecule has 1 aromatic heterocycles. The Morgan fingerprint density at radius 3 is 2.00 bits per heavy atom. The maximum Gasteiger partial charge on any atom is 0.0346 e. The first kappa shape index (κ1) is 18.9. The van der Waals surface area contributed by atoms with Crippen LogP contribution in [0.2, 0.25) is 0 Å². The molecular weight excluding hydrogens is 363 g/mol. The second kappa shape index (κ2) is 8.78. The number of nitrogens with zero attached hydrogens (tertiary/aromatic N) is 1. The molecule has 4 N–H and O–H groups in total. The van der Waals surface area contributed by atoms with Crippen molar-refractivity contribution < 1.29 is 32.0 Å². The summed E-state index contributed by atoms with van der Waals surface area (Å²) in [6.07, 6.45) is 3.68. The van der Waals surface area contributed by atoms with Crippen LogP contribution in [0, 0.1) is 0 Å². The smallest absolute Gasteiger partial charge is 0.0346 e. The van der Waals surface area contributed by atoms with Gasteiger partial charge in [-0.2, -0.15) is 0 Å². The van der Waals surface area contributed by atoms with Crippen LogP contribution < -0.4 is 0 Å². The fraction of sp³-hybridized carbons (Fsp3) is 0. The molecule has 0 amide bonds. The maximum atomic E-state index is 4.01. The number of aromatic nitrogens is 1. The van der Waals surface area contributed by atoms with Crippen molar-refractivity contribution in [1.29, 1.82) is 0 Å². The third-order valence-electron chi connectivity index (χ3n) is 1.55. The number of nitrogens with two attached hydrogens (primary N) is 1. The van der Waals surface area contributed by atoms with E-state index in [0.29, 0.717) is 0 Å².